The number of hydrogen-bond donors (Lipinski definition) is 2. The van der Waals surface area contributed by atoms with Crippen molar-refractivity contribution in [2.24, 2.45) is 5.73 Å². The molecule has 0 fully saturated rings. The fourth-order valence-electron chi connectivity index (χ4n) is 1.38. The van der Waals surface area contributed by atoms with Crippen LogP contribution in [0.1, 0.15) is 22.3 Å². The molecule has 0 saturated carbocycles. The summed E-state index contributed by atoms with van der Waals surface area (Å²) in [5.74, 6) is -0.0635. The zero-order valence-electron chi connectivity index (χ0n) is 9.53. The molecule has 0 bridgehead atoms. The minimum Gasteiger partial charge on any atom is -0.380 e. The van der Waals surface area contributed by atoms with Crippen LogP contribution in [-0.4, -0.2) is 26.1 Å². The Hall–Kier alpha value is -1.39. The van der Waals surface area contributed by atoms with Crippen LogP contribution < -0.4 is 11.1 Å². The van der Waals surface area contributed by atoms with Crippen molar-refractivity contribution in [1.82, 2.24) is 5.32 Å². The smallest absolute Gasteiger partial charge is 0.251 e. The molecule has 1 aromatic carbocycles. The van der Waals surface area contributed by atoms with Gasteiger partial charge in [0.15, 0.2) is 0 Å². The van der Waals surface area contributed by atoms with Crippen LogP contribution >= 0.6 is 0 Å². The van der Waals surface area contributed by atoms with E-state index in [2.05, 4.69) is 5.32 Å². The summed E-state index contributed by atoms with van der Waals surface area (Å²) in [5, 5.41) is 2.81. The Morgan fingerprint density at radius 1 is 1.50 bits per heavy atom. The molecule has 0 atom stereocenters. The molecular formula is C12H18N2O2. The number of nitrogens with two attached hydrogens (primary N) is 1. The Balaban J connectivity index is 2.57. The third kappa shape index (κ3) is 4.00. The molecule has 4 heteroatoms. The number of ether oxygens (including phenoxy) is 1. The van der Waals surface area contributed by atoms with E-state index in [0.29, 0.717) is 25.3 Å². The second-order valence-corrected chi connectivity index (χ2v) is 3.53. The lowest BCUT2D eigenvalue weighted by Gasteiger charge is -2.06. The highest BCUT2D eigenvalue weighted by Crippen LogP contribution is 2.06. The van der Waals surface area contributed by atoms with Gasteiger partial charge in [-0.2, -0.15) is 0 Å². The SMILES string of the molecule is COCc1cccc(C(=O)NCCCN)c1. The molecule has 1 aromatic rings. The Morgan fingerprint density at radius 2 is 2.31 bits per heavy atom. The standard InChI is InChI=1S/C12H18N2O2/c1-16-9-10-4-2-5-11(8-10)12(15)14-7-3-6-13/h2,4-5,8H,3,6-7,9,13H2,1H3,(H,14,15). The molecule has 0 aliphatic carbocycles. The minimum atomic E-state index is -0.0635. The van der Waals surface area contributed by atoms with E-state index in [-0.39, 0.29) is 5.91 Å². The highest BCUT2D eigenvalue weighted by molar-refractivity contribution is 5.94. The number of amides is 1. The maximum atomic E-state index is 11.7. The van der Waals surface area contributed by atoms with Crippen LogP contribution in [0.4, 0.5) is 0 Å². The Morgan fingerprint density at radius 3 is 3.00 bits per heavy atom. The van der Waals surface area contributed by atoms with E-state index in [4.69, 9.17) is 10.5 Å². The van der Waals surface area contributed by atoms with Crippen LogP contribution in [0, 0.1) is 0 Å². The predicted octanol–water partition coefficient (Wildman–Crippen LogP) is 0.912. The van der Waals surface area contributed by atoms with Gasteiger partial charge in [-0.25, -0.2) is 0 Å². The van der Waals surface area contributed by atoms with Gasteiger partial charge in [-0.05, 0) is 30.7 Å². The van der Waals surface area contributed by atoms with Crippen LogP contribution in [0.5, 0.6) is 0 Å². The number of methoxy groups -OCH3 is 1. The number of nitrogens with one attached hydrogen (secondary N) is 1. The molecule has 0 saturated heterocycles. The van der Waals surface area contributed by atoms with Gasteiger partial charge in [0.2, 0.25) is 0 Å². The van der Waals surface area contributed by atoms with Crippen molar-refractivity contribution in [3.63, 3.8) is 0 Å². The van der Waals surface area contributed by atoms with Gasteiger partial charge in [-0.1, -0.05) is 12.1 Å². The van der Waals surface area contributed by atoms with Crippen molar-refractivity contribution >= 4 is 5.91 Å². The van der Waals surface area contributed by atoms with E-state index in [1.165, 1.54) is 0 Å². The largest absolute Gasteiger partial charge is 0.380 e. The maximum absolute atomic E-state index is 11.7. The summed E-state index contributed by atoms with van der Waals surface area (Å²) in [6.07, 6.45) is 0.795. The van der Waals surface area contributed by atoms with Crippen molar-refractivity contribution in [1.29, 1.82) is 0 Å². The summed E-state index contributed by atoms with van der Waals surface area (Å²) in [5.41, 5.74) is 7.00. The Labute approximate surface area is 95.8 Å². The van der Waals surface area contributed by atoms with E-state index < -0.39 is 0 Å². The predicted molar refractivity (Wildman–Crippen MR) is 63.2 cm³/mol. The first-order valence-electron chi connectivity index (χ1n) is 5.34. The van der Waals surface area contributed by atoms with Crippen LogP contribution in [-0.2, 0) is 11.3 Å². The molecule has 1 amide bonds. The van der Waals surface area contributed by atoms with E-state index in [9.17, 15) is 4.79 Å². The summed E-state index contributed by atoms with van der Waals surface area (Å²) in [4.78, 5) is 11.7. The van der Waals surface area contributed by atoms with Gasteiger partial charge in [0.1, 0.15) is 0 Å². The zero-order chi connectivity index (χ0) is 11.8. The molecule has 88 valence electrons. The molecule has 4 nitrogen and oxygen atoms in total. The monoisotopic (exact) mass is 222 g/mol. The highest BCUT2D eigenvalue weighted by Gasteiger charge is 2.04. The average Bonchev–Trinajstić information content (AvgIpc) is 2.30. The van der Waals surface area contributed by atoms with Crippen LogP contribution in [0.2, 0.25) is 0 Å². The molecule has 0 aliphatic rings. The maximum Gasteiger partial charge on any atom is 0.251 e. The van der Waals surface area contributed by atoms with E-state index in [1.807, 2.05) is 18.2 Å². The van der Waals surface area contributed by atoms with Gasteiger partial charge in [0, 0.05) is 19.2 Å². The van der Waals surface area contributed by atoms with Gasteiger partial charge in [-0.15, -0.1) is 0 Å². The van der Waals surface area contributed by atoms with Gasteiger partial charge in [0.05, 0.1) is 6.61 Å². The normalized spacial score (nSPS) is 10.1. The quantitative estimate of drug-likeness (QED) is 0.703. The summed E-state index contributed by atoms with van der Waals surface area (Å²) >= 11 is 0. The summed E-state index contributed by atoms with van der Waals surface area (Å²) < 4.78 is 5.01. The third-order valence-electron chi connectivity index (χ3n) is 2.17. The summed E-state index contributed by atoms with van der Waals surface area (Å²) in [7, 11) is 1.63. The fourth-order valence-corrected chi connectivity index (χ4v) is 1.38. The molecule has 1 rings (SSSR count). The lowest BCUT2D eigenvalue weighted by Crippen LogP contribution is -2.26. The van der Waals surface area contributed by atoms with Crippen molar-refractivity contribution < 1.29 is 9.53 Å². The van der Waals surface area contributed by atoms with Crippen molar-refractivity contribution in [2.75, 3.05) is 20.2 Å². The number of rotatable bonds is 6. The van der Waals surface area contributed by atoms with Crippen molar-refractivity contribution in [3.8, 4) is 0 Å². The molecule has 0 aliphatic heterocycles. The minimum absolute atomic E-state index is 0.0635. The Kier molecular flexibility index (Phi) is 5.53. The first-order chi connectivity index (χ1) is 7.77. The van der Waals surface area contributed by atoms with Crippen LogP contribution in [0.15, 0.2) is 24.3 Å². The van der Waals surface area contributed by atoms with Crippen LogP contribution in [0.25, 0.3) is 0 Å². The molecule has 0 unspecified atom stereocenters. The van der Waals surface area contributed by atoms with Crippen LogP contribution in [0.3, 0.4) is 0 Å². The van der Waals surface area contributed by atoms with Gasteiger partial charge in [-0.3, -0.25) is 4.79 Å². The molecular weight excluding hydrogens is 204 g/mol. The molecule has 0 heterocycles. The lowest BCUT2D eigenvalue weighted by molar-refractivity contribution is 0.0953. The second kappa shape index (κ2) is 6.98. The molecule has 0 radical (unpaired) electrons. The lowest BCUT2D eigenvalue weighted by atomic mass is 10.1. The number of carbonyl (C=O) groups excluding carboxylic acids is 1. The average molecular weight is 222 g/mol. The first kappa shape index (κ1) is 12.7. The summed E-state index contributed by atoms with van der Waals surface area (Å²) in [6.45, 7) is 1.72. The van der Waals surface area contributed by atoms with Gasteiger partial charge >= 0.3 is 0 Å². The fraction of sp³-hybridized carbons (Fsp3) is 0.417. The second-order valence-electron chi connectivity index (χ2n) is 3.53. The number of benzene rings is 1. The first-order valence-corrected chi connectivity index (χ1v) is 5.34. The zero-order valence-corrected chi connectivity index (χ0v) is 9.53. The van der Waals surface area contributed by atoms with Gasteiger partial charge in [0.25, 0.3) is 5.91 Å². The Bertz CT molecular complexity index is 340. The molecule has 16 heavy (non-hydrogen) atoms. The summed E-state index contributed by atoms with van der Waals surface area (Å²) in [6, 6.07) is 7.41. The van der Waals surface area contributed by atoms with E-state index in [1.54, 1.807) is 13.2 Å². The third-order valence-corrected chi connectivity index (χ3v) is 2.17. The van der Waals surface area contributed by atoms with E-state index in [0.717, 1.165) is 12.0 Å². The van der Waals surface area contributed by atoms with Crippen molar-refractivity contribution in [3.05, 3.63) is 35.4 Å². The molecule has 0 spiro atoms. The van der Waals surface area contributed by atoms with E-state index >= 15 is 0 Å². The number of carbonyl (C=O) groups is 1. The molecule has 0 aromatic heterocycles. The number of hydrogen-bond acceptors (Lipinski definition) is 3. The van der Waals surface area contributed by atoms with Gasteiger partial charge < -0.3 is 15.8 Å². The topological polar surface area (TPSA) is 64.3 Å². The highest BCUT2D eigenvalue weighted by atomic mass is 16.5. The molecule has 3 N–H and O–H groups in total. The van der Waals surface area contributed by atoms with Crippen molar-refractivity contribution in [2.45, 2.75) is 13.0 Å².